The minimum atomic E-state index is -0.541. The monoisotopic (exact) mass is 311 g/mol. The Morgan fingerprint density at radius 1 is 1.35 bits per heavy atom. The molecule has 0 radical (unpaired) electrons. The van der Waals surface area contributed by atoms with E-state index in [0.29, 0.717) is 29.0 Å². The largest absolute Gasteiger partial charge is 0.393 e. The van der Waals surface area contributed by atoms with Gasteiger partial charge in [0.25, 0.3) is 0 Å². The molecule has 1 aliphatic carbocycles. The van der Waals surface area contributed by atoms with Gasteiger partial charge in [-0.3, -0.25) is 10.4 Å². The molecule has 23 heavy (non-hydrogen) atoms. The van der Waals surface area contributed by atoms with E-state index in [-0.39, 0.29) is 5.82 Å². The zero-order valence-electron chi connectivity index (χ0n) is 12.8. The third-order valence-corrected chi connectivity index (χ3v) is 4.05. The standard InChI is InChI=1S/C18H18FN3O/c1-21-10-15(17(20)11-2-4-12(19)5-3-11)13-8-9-22-18-14(13)6-7-16(18)23/h2-5,8-10,16,20-21,23H,6-7H2,1H3/b15-10-,20-17?. The van der Waals surface area contributed by atoms with Gasteiger partial charge in [-0.2, -0.15) is 0 Å². The van der Waals surface area contributed by atoms with Gasteiger partial charge in [-0.25, -0.2) is 4.39 Å². The molecule has 3 rings (SSSR count). The maximum atomic E-state index is 13.1. The van der Waals surface area contributed by atoms with E-state index >= 15 is 0 Å². The lowest BCUT2D eigenvalue weighted by Gasteiger charge is -2.14. The number of halogens is 1. The highest BCUT2D eigenvalue weighted by Gasteiger charge is 2.26. The van der Waals surface area contributed by atoms with Crippen molar-refractivity contribution in [3.05, 3.63) is 70.9 Å². The predicted molar refractivity (Wildman–Crippen MR) is 87.8 cm³/mol. The molecule has 118 valence electrons. The lowest BCUT2D eigenvalue weighted by molar-refractivity contribution is 0.176. The van der Waals surface area contributed by atoms with Gasteiger partial charge < -0.3 is 10.4 Å². The molecule has 1 aliphatic rings. The Labute approximate surface area is 134 Å². The van der Waals surface area contributed by atoms with Crippen LogP contribution in [0.15, 0.2) is 42.7 Å². The molecule has 4 nitrogen and oxygen atoms in total. The van der Waals surface area contributed by atoms with Gasteiger partial charge in [-0.15, -0.1) is 0 Å². The number of aliphatic hydroxyl groups is 1. The molecule has 1 heterocycles. The molecule has 1 atom stereocenters. The van der Waals surface area contributed by atoms with Crippen LogP contribution in [-0.4, -0.2) is 22.8 Å². The van der Waals surface area contributed by atoms with Crippen molar-refractivity contribution in [1.82, 2.24) is 10.3 Å². The van der Waals surface area contributed by atoms with E-state index < -0.39 is 6.10 Å². The van der Waals surface area contributed by atoms with Gasteiger partial charge in [0.1, 0.15) is 5.82 Å². The number of aromatic nitrogens is 1. The first-order chi connectivity index (χ1) is 11.1. The minimum absolute atomic E-state index is 0.300. The molecule has 0 saturated heterocycles. The minimum Gasteiger partial charge on any atom is -0.393 e. The van der Waals surface area contributed by atoms with E-state index in [1.54, 1.807) is 31.6 Å². The summed E-state index contributed by atoms with van der Waals surface area (Å²) >= 11 is 0. The normalized spacial score (nSPS) is 17.0. The number of nitrogens with one attached hydrogen (secondary N) is 2. The van der Waals surface area contributed by atoms with Crippen molar-refractivity contribution in [2.24, 2.45) is 0 Å². The van der Waals surface area contributed by atoms with E-state index in [0.717, 1.165) is 17.5 Å². The van der Waals surface area contributed by atoms with Gasteiger partial charge in [-0.05, 0) is 54.3 Å². The molecule has 0 fully saturated rings. The Bertz CT molecular complexity index is 768. The third kappa shape index (κ3) is 2.87. The molecule has 5 heteroatoms. The Hall–Kier alpha value is -2.53. The molecule has 1 unspecified atom stereocenters. The van der Waals surface area contributed by atoms with Crippen LogP contribution in [0.25, 0.3) is 5.57 Å². The van der Waals surface area contributed by atoms with Crippen molar-refractivity contribution in [3.63, 3.8) is 0 Å². The molecule has 0 aliphatic heterocycles. The van der Waals surface area contributed by atoms with E-state index in [1.165, 1.54) is 12.1 Å². The summed E-state index contributed by atoms with van der Waals surface area (Å²) in [5, 5.41) is 21.5. The average Bonchev–Trinajstić information content (AvgIpc) is 2.94. The van der Waals surface area contributed by atoms with Gasteiger partial charge in [0.15, 0.2) is 0 Å². The summed E-state index contributed by atoms with van der Waals surface area (Å²) in [5.41, 5.74) is 4.19. The zero-order chi connectivity index (χ0) is 16.4. The maximum Gasteiger partial charge on any atom is 0.123 e. The molecular weight excluding hydrogens is 293 g/mol. The molecule has 1 aromatic heterocycles. The second-order valence-electron chi connectivity index (χ2n) is 5.51. The van der Waals surface area contributed by atoms with Crippen LogP contribution < -0.4 is 5.32 Å². The number of hydrogen-bond acceptors (Lipinski definition) is 4. The lowest BCUT2D eigenvalue weighted by Crippen LogP contribution is -2.09. The average molecular weight is 311 g/mol. The Morgan fingerprint density at radius 3 is 2.78 bits per heavy atom. The smallest absolute Gasteiger partial charge is 0.123 e. The first-order valence-corrected chi connectivity index (χ1v) is 7.50. The Balaban J connectivity index is 2.06. The van der Waals surface area contributed by atoms with Crippen molar-refractivity contribution in [2.75, 3.05) is 7.05 Å². The van der Waals surface area contributed by atoms with Crippen LogP contribution in [0, 0.1) is 11.2 Å². The second kappa shape index (κ2) is 6.30. The zero-order valence-corrected chi connectivity index (χ0v) is 12.8. The first-order valence-electron chi connectivity index (χ1n) is 7.50. The van der Waals surface area contributed by atoms with Crippen molar-refractivity contribution >= 4 is 11.3 Å². The highest BCUT2D eigenvalue weighted by molar-refractivity contribution is 6.30. The maximum absolute atomic E-state index is 13.1. The highest BCUT2D eigenvalue weighted by Crippen LogP contribution is 2.35. The van der Waals surface area contributed by atoms with E-state index in [9.17, 15) is 9.50 Å². The number of allylic oxidation sites excluding steroid dienone is 1. The topological polar surface area (TPSA) is 69.0 Å². The Morgan fingerprint density at radius 2 is 2.09 bits per heavy atom. The van der Waals surface area contributed by atoms with E-state index in [2.05, 4.69) is 10.3 Å². The van der Waals surface area contributed by atoms with Crippen LogP contribution in [-0.2, 0) is 6.42 Å². The van der Waals surface area contributed by atoms with Crippen LogP contribution in [0.5, 0.6) is 0 Å². The number of hydrogen-bond donors (Lipinski definition) is 3. The van der Waals surface area contributed by atoms with Crippen molar-refractivity contribution in [1.29, 1.82) is 5.41 Å². The van der Waals surface area contributed by atoms with Crippen molar-refractivity contribution in [3.8, 4) is 0 Å². The van der Waals surface area contributed by atoms with Crippen molar-refractivity contribution in [2.45, 2.75) is 18.9 Å². The van der Waals surface area contributed by atoms with E-state index in [1.807, 2.05) is 6.07 Å². The fourth-order valence-electron chi connectivity index (χ4n) is 2.93. The molecular formula is C18H18FN3O. The van der Waals surface area contributed by atoms with Crippen LogP contribution in [0.3, 0.4) is 0 Å². The fraction of sp³-hybridized carbons (Fsp3) is 0.222. The van der Waals surface area contributed by atoms with Crippen LogP contribution in [0.1, 0.15) is 34.9 Å². The molecule has 1 aromatic carbocycles. The summed E-state index contributed by atoms with van der Waals surface area (Å²) in [7, 11) is 1.77. The molecule has 0 amide bonds. The van der Waals surface area contributed by atoms with Crippen molar-refractivity contribution < 1.29 is 9.50 Å². The number of nitrogens with zero attached hydrogens (tertiary/aromatic N) is 1. The number of fused-ring (bicyclic) bond motifs is 1. The highest BCUT2D eigenvalue weighted by atomic mass is 19.1. The lowest BCUT2D eigenvalue weighted by atomic mass is 9.93. The summed E-state index contributed by atoms with van der Waals surface area (Å²) in [6.45, 7) is 0. The summed E-state index contributed by atoms with van der Waals surface area (Å²) in [6.07, 6.45) is 4.25. The number of aliphatic hydroxyl groups excluding tert-OH is 1. The van der Waals surface area contributed by atoms with Gasteiger partial charge in [0.05, 0.1) is 17.5 Å². The molecule has 0 spiro atoms. The number of benzene rings is 1. The number of rotatable bonds is 4. The summed E-state index contributed by atoms with van der Waals surface area (Å²) in [4.78, 5) is 4.27. The van der Waals surface area contributed by atoms with Gasteiger partial charge >= 0.3 is 0 Å². The Kier molecular flexibility index (Phi) is 4.21. The third-order valence-electron chi connectivity index (χ3n) is 4.05. The summed E-state index contributed by atoms with van der Waals surface area (Å²) in [6, 6.07) is 7.75. The van der Waals surface area contributed by atoms with Crippen LogP contribution in [0.2, 0.25) is 0 Å². The van der Waals surface area contributed by atoms with Gasteiger partial charge in [0.2, 0.25) is 0 Å². The first kappa shape index (κ1) is 15.4. The van der Waals surface area contributed by atoms with Gasteiger partial charge in [-0.1, -0.05) is 0 Å². The van der Waals surface area contributed by atoms with Crippen LogP contribution >= 0.6 is 0 Å². The molecule has 3 N–H and O–H groups in total. The summed E-state index contributed by atoms with van der Waals surface area (Å²) < 4.78 is 13.1. The van der Waals surface area contributed by atoms with E-state index in [4.69, 9.17) is 5.41 Å². The molecule has 2 aromatic rings. The quantitative estimate of drug-likeness (QED) is 0.761. The SMILES string of the molecule is CN/C=C(\C(=N)c1ccc(F)cc1)c1ccnc2c1CCC2O. The predicted octanol–water partition coefficient (Wildman–Crippen LogP) is 2.83. The molecule has 0 saturated carbocycles. The van der Waals surface area contributed by atoms with Gasteiger partial charge in [0, 0.05) is 30.6 Å². The summed E-state index contributed by atoms with van der Waals surface area (Å²) in [5.74, 6) is -0.325. The van der Waals surface area contributed by atoms with Crippen LogP contribution in [0.4, 0.5) is 4.39 Å². The fourth-order valence-corrected chi connectivity index (χ4v) is 2.93. The molecule has 0 bridgehead atoms. The second-order valence-corrected chi connectivity index (χ2v) is 5.51. The number of pyridine rings is 1.